The van der Waals surface area contributed by atoms with Gasteiger partial charge in [0, 0.05) is 55.4 Å². The zero-order chi connectivity index (χ0) is 18.8. The molecule has 1 aromatic heterocycles. The summed E-state index contributed by atoms with van der Waals surface area (Å²) in [5.74, 6) is 0. The number of aromatic nitrogens is 1. The number of ether oxygens (including phenoxy) is 1. The molecule has 1 N–H and O–H groups in total. The van der Waals surface area contributed by atoms with Gasteiger partial charge in [0.1, 0.15) is 0 Å². The third kappa shape index (κ3) is 4.28. The Hall–Kier alpha value is -1.40. The van der Waals surface area contributed by atoms with Crippen LogP contribution < -0.4 is 0 Å². The SMILES string of the molecule is c1cc2[nH]c(CN3CCCC3)cc2cc1CN1CCC[C@@H]1CN1CCOCC1. The minimum absolute atomic E-state index is 0.700. The minimum Gasteiger partial charge on any atom is -0.379 e. The topological polar surface area (TPSA) is 34.7 Å². The lowest BCUT2D eigenvalue weighted by molar-refractivity contribution is 0.0262. The van der Waals surface area contributed by atoms with Gasteiger partial charge in [0.05, 0.1) is 13.2 Å². The third-order valence-electron chi connectivity index (χ3n) is 6.79. The van der Waals surface area contributed by atoms with E-state index in [1.165, 1.54) is 74.0 Å². The van der Waals surface area contributed by atoms with Crippen molar-refractivity contribution >= 4 is 10.9 Å². The second-order valence-electron chi connectivity index (χ2n) is 8.88. The first-order chi connectivity index (χ1) is 13.8. The predicted molar refractivity (Wildman–Crippen MR) is 114 cm³/mol. The van der Waals surface area contributed by atoms with Gasteiger partial charge in [-0.1, -0.05) is 6.07 Å². The zero-order valence-corrected chi connectivity index (χ0v) is 17.0. The number of likely N-dealkylation sites (tertiary alicyclic amines) is 2. The van der Waals surface area contributed by atoms with Gasteiger partial charge in [0.2, 0.25) is 0 Å². The smallest absolute Gasteiger partial charge is 0.0594 e. The molecule has 0 aliphatic carbocycles. The van der Waals surface area contributed by atoms with E-state index in [-0.39, 0.29) is 0 Å². The Morgan fingerprint density at radius 3 is 2.61 bits per heavy atom. The molecule has 152 valence electrons. The quantitative estimate of drug-likeness (QED) is 0.833. The van der Waals surface area contributed by atoms with Crippen LogP contribution in [0.25, 0.3) is 10.9 Å². The summed E-state index contributed by atoms with van der Waals surface area (Å²) in [6.45, 7) is 11.1. The van der Waals surface area contributed by atoms with Gasteiger partial charge >= 0.3 is 0 Å². The fourth-order valence-electron chi connectivity index (χ4n) is 5.23. The molecule has 0 saturated carbocycles. The summed E-state index contributed by atoms with van der Waals surface area (Å²) in [4.78, 5) is 11.5. The number of aromatic amines is 1. The fraction of sp³-hybridized carbons (Fsp3) is 0.652. The van der Waals surface area contributed by atoms with Crippen LogP contribution in [0, 0.1) is 0 Å². The lowest BCUT2D eigenvalue weighted by Gasteiger charge is -2.33. The van der Waals surface area contributed by atoms with Gasteiger partial charge in [-0.25, -0.2) is 0 Å². The first-order valence-corrected chi connectivity index (χ1v) is 11.2. The Labute approximate surface area is 168 Å². The standard InChI is InChI=1S/C23H34N4O/c1-2-8-25(7-1)17-21-15-20-14-19(5-6-23(20)24-21)16-27-9-3-4-22(27)18-26-10-12-28-13-11-26/h5-6,14-15,22,24H,1-4,7-13,16-18H2/t22-/m1/s1. The van der Waals surface area contributed by atoms with Gasteiger partial charge in [-0.15, -0.1) is 0 Å². The van der Waals surface area contributed by atoms with Crippen LogP contribution in [-0.4, -0.2) is 78.2 Å². The van der Waals surface area contributed by atoms with Crippen LogP contribution in [0.1, 0.15) is 36.9 Å². The lowest BCUT2D eigenvalue weighted by Crippen LogP contribution is -2.44. The Balaban J connectivity index is 1.23. The van der Waals surface area contributed by atoms with Crippen LogP contribution in [0.15, 0.2) is 24.3 Å². The number of nitrogens with one attached hydrogen (secondary N) is 1. The number of hydrogen-bond donors (Lipinski definition) is 1. The molecule has 2 aromatic rings. The van der Waals surface area contributed by atoms with E-state index in [2.05, 4.69) is 43.9 Å². The molecule has 0 unspecified atom stereocenters. The van der Waals surface area contributed by atoms with Gasteiger partial charge in [-0.2, -0.15) is 0 Å². The Morgan fingerprint density at radius 2 is 1.75 bits per heavy atom. The van der Waals surface area contributed by atoms with E-state index in [1.807, 2.05) is 0 Å². The van der Waals surface area contributed by atoms with Crippen molar-refractivity contribution in [2.75, 3.05) is 52.5 Å². The molecular weight excluding hydrogens is 348 g/mol. The highest BCUT2D eigenvalue weighted by Gasteiger charge is 2.27. The van der Waals surface area contributed by atoms with E-state index >= 15 is 0 Å². The molecule has 5 heteroatoms. The van der Waals surface area contributed by atoms with Gasteiger partial charge < -0.3 is 9.72 Å². The van der Waals surface area contributed by atoms with Gasteiger partial charge in [0.25, 0.3) is 0 Å². The van der Waals surface area contributed by atoms with Crippen molar-refractivity contribution in [1.82, 2.24) is 19.7 Å². The summed E-state index contributed by atoms with van der Waals surface area (Å²) < 4.78 is 5.51. The molecule has 3 aliphatic heterocycles. The highest BCUT2D eigenvalue weighted by molar-refractivity contribution is 5.81. The Bertz CT molecular complexity index is 776. The summed E-state index contributed by atoms with van der Waals surface area (Å²) >= 11 is 0. The second kappa shape index (κ2) is 8.54. The van der Waals surface area contributed by atoms with Crippen molar-refractivity contribution in [2.45, 2.75) is 44.8 Å². The average Bonchev–Trinajstić information content (AvgIpc) is 3.45. The van der Waals surface area contributed by atoms with Gasteiger partial charge in [-0.3, -0.25) is 14.7 Å². The number of rotatable bonds is 6. The minimum atomic E-state index is 0.700. The molecule has 5 rings (SSSR count). The van der Waals surface area contributed by atoms with Crippen LogP contribution in [0.5, 0.6) is 0 Å². The molecule has 0 spiro atoms. The average molecular weight is 383 g/mol. The first kappa shape index (κ1) is 18.6. The molecule has 3 aliphatic rings. The van der Waals surface area contributed by atoms with Crippen LogP contribution in [0.3, 0.4) is 0 Å². The number of fused-ring (bicyclic) bond motifs is 1. The van der Waals surface area contributed by atoms with Crippen LogP contribution in [-0.2, 0) is 17.8 Å². The molecule has 1 aromatic carbocycles. The maximum absolute atomic E-state index is 5.51. The summed E-state index contributed by atoms with van der Waals surface area (Å²) in [5.41, 5.74) is 4.10. The number of H-pyrrole nitrogens is 1. The molecule has 0 amide bonds. The van der Waals surface area contributed by atoms with Crippen LogP contribution in [0.4, 0.5) is 0 Å². The number of nitrogens with zero attached hydrogens (tertiary/aromatic N) is 3. The lowest BCUT2D eigenvalue weighted by atomic mass is 10.1. The summed E-state index contributed by atoms with van der Waals surface area (Å²) in [7, 11) is 0. The summed E-state index contributed by atoms with van der Waals surface area (Å²) in [6, 6.07) is 10.1. The molecule has 4 heterocycles. The summed E-state index contributed by atoms with van der Waals surface area (Å²) in [5, 5.41) is 1.37. The molecular formula is C23H34N4O. The van der Waals surface area contributed by atoms with E-state index in [9.17, 15) is 0 Å². The molecule has 5 nitrogen and oxygen atoms in total. The fourth-order valence-corrected chi connectivity index (χ4v) is 5.23. The molecule has 0 bridgehead atoms. The summed E-state index contributed by atoms with van der Waals surface area (Å²) in [6.07, 6.45) is 5.38. The third-order valence-corrected chi connectivity index (χ3v) is 6.79. The molecule has 3 fully saturated rings. The van der Waals surface area contributed by atoms with E-state index < -0.39 is 0 Å². The number of benzene rings is 1. The highest BCUT2D eigenvalue weighted by Crippen LogP contribution is 2.24. The molecule has 28 heavy (non-hydrogen) atoms. The highest BCUT2D eigenvalue weighted by atomic mass is 16.5. The van der Waals surface area contributed by atoms with Crippen LogP contribution >= 0.6 is 0 Å². The van der Waals surface area contributed by atoms with E-state index in [0.717, 1.165) is 39.4 Å². The Kier molecular flexibility index (Phi) is 5.68. The first-order valence-electron chi connectivity index (χ1n) is 11.2. The normalized spacial score (nSPS) is 25.2. The largest absolute Gasteiger partial charge is 0.379 e. The number of morpholine rings is 1. The molecule has 3 saturated heterocycles. The van der Waals surface area contributed by atoms with E-state index in [1.54, 1.807) is 0 Å². The maximum atomic E-state index is 5.51. The van der Waals surface area contributed by atoms with E-state index in [0.29, 0.717) is 6.04 Å². The van der Waals surface area contributed by atoms with Crippen molar-refractivity contribution in [1.29, 1.82) is 0 Å². The zero-order valence-electron chi connectivity index (χ0n) is 17.0. The molecule has 1 atom stereocenters. The van der Waals surface area contributed by atoms with Crippen molar-refractivity contribution in [3.05, 3.63) is 35.5 Å². The second-order valence-corrected chi connectivity index (χ2v) is 8.88. The van der Waals surface area contributed by atoms with Crippen molar-refractivity contribution < 1.29 is 4.74 Å². The molecule has 0 radical (unpaired) electrons. The van der Waals surface area contributed by atoms with Gasteiger partial charge in [-0.05, 0) is 69.1 Å². The maximum Gasteiger partial charge on any atom is 0.0594 e. The van der Waals surface area contributed by atoms with Crippen molar-refractivity contribution in [2.24, 2.45) is 0 Å². The van der Waals surface area contributed by atoms with E-state index in [4.69, 9.17) is 4.74 Å². The monoisotopic (exact) mass is 382 g/mol. The van der Waals surface area contributed by atoms with Gasteiger partial charge in [0.15, 0.2) is 0 Å². The Morgan fingerprint density at radius 1 is 0.893 bits per heavy atom. The number of hydrogen-bond acceptors (Lipinski definition) is 4. The predicted octanol–water partition coefficient (Wildman–Crippen LogP) is 3.06. The van der Waals surface area contributed by atoms with Crippen molar-refractivity contribution in [3.63, 3.8) is 0 Å². The van der Waals surface area contributed by atoms with Crippen LogP contribution in [0.2, 0.25) is 0 Å². The van der Waals surface area contributed by atoms with Crippen molar-refractivity contribution in [3.8, 4) is 0 Å².